The van der Waals surface area contributed by atoms with Gasteiger partial charge in [0.1, 0.15) is 5.56 Å². The van der Waals surface area contributed by atoms with E-state index in [2.05, 4.69) is 0 Å². The number of halogens is 2. The number of aryl methyl sites for hydroxylation is 1. The average Bonchev–Trinajstić information content (AvgIpc) is 2.08. The van der Waals surface area contributed by atoms with Crippen LogP contribution in [0.25, 0.3) is 0 Å². The molecule has 6 heteroatoms. The number of carbonyl (C=O) groups is 1. The molecule has 0 N–H and O–H groups in total. The van der Waals surface area contributed by atoms with Gasteiger partial charge in [0.25, 0.3) is 10.9 Å². The quantitative estimate of drug-likeness (QED) is 0.449. The molecule has 0 fully saturated rings. The van der Waals surface area contributed by atoms with Crippen LogP contribution in [0.5, 0.6) is 0 Å². The van der Waals surface area contributed by atoms with Crippen molar-refractivity contribution < 1.29 is 9.72 Å². The van der Waals surface area contributed by atoms with Gasteiger partial charge in [-0.3, -0.25) is 14.9 Å². The summed E-state index contributed by atoms with van der Waals surface area (Å²) in [5.41, 5.74) is 0.0131. The fourth-order valence-corrected chi connectivity index (χ4v) is 1.29. The van der Waals surface area contributed by atoms with Crippen LogP contribution in [0, 0.1) is 17.0 Å². The van der Waals surface area contributed by atoms with Gasteiger partial charge in [-0.25, -0.2) is 0 Å². The molecule has 0 heterocycles. The molecule has 0 saturated carbocycles. The molecule has 1 aromatic rings. The van der Waals surface area contributed by atoms with Gasteiger partial charge in [-0.2, -0.15) is 0 Å². The molecule has 0 saturated heterocycles. The molecule has 0 atom stereocenters. The van der Waals surface area contributed by atoms with E-state index < -0.39 is 10.2 Å². The van der Waals surface area contributed by atoms with Gasteiger partial charge in [0.05, 0.1) is 4.92 Å². The summed E-state index contributed by atoms with van der Waals surface area (Å²) in [6.07, 6.45) is 0. The number of hydrogen-bond donors (Lipinski definition) is 0. The summed E-state index contributed by atoms with van der Waals surface area (Å²) in [6.45, 7) is 1.61. The van der Waals surface area contributed by atoms with Gasteiger partial charge in [-0.05, 0) is 30.2 Å². The first-order valence-corrected chi connectivity index (χ1v) is 4.33. The van der Waals surface area contributed by atoms with Crippen molar-refractivity contribution in [3.63, 3.8) is 0 Å². The minimum Gasteiger partial charge on any atom is -0.275 e. The summed E-state index contributed by atoms with van der Waals surface area (Å²) in [5, 5.41) is 9.93. The molecule has 0 amide bonds. The summed E-state index contributed by atoms with van der Waals surface area (Å²) in [6, 6.07) is 2.42. The largest absolute Gasteiger partial charge is 0.281 e. The van der Waals surface area contributed by atoms with Crippen LogP contribution < -0.4 is 0 Å². The van der Waals surface area contributed by atoms with Crippen LogP contribution in [0.15, 0.2) is 12.1 Å². The summed E-state index contributed by atoms with van der Waals surface area (Å²) >= 11 is 10.9. The number of rotatable bonds is 2. The molecule has 0 radical (unpaired) electrons. The summed E-state index contributed by atoms with van der Waals surface area (Å²) < 4.78 is 0. The molecule has 0 spiro atoms. The number of nitrogens with zero attached hydrogens (tertiary/aromatic N) is 1. The van der Waals surface area contributed by atoms with E-state index in [4.69, 9.17) is 23.2 Å². The van der Waals surface area contributed by atoms with Gasteiger partial charge in [-0.1, -0.05) is 11.6 Å². The van der Waals surface area contributed by atoms with Crippen LogP contribution in [0.4, 0.5) is 5.69 Å². The van der Waals surface area contributed by atoms with Gasteiger partial charge < -0.3 is 0 Å². The van der Waals surface area contributed by atoms with Crippen molar-refractivity contribution in [2.75, 3.05) is 0 Å². The summed E-state index contributed by atoms with van der Waals surface area (Å²) in [5.74, 6) is 0. The zero-order chi connectivity index (χ0) is 10.9. The average molecular weight is 234 g/mol. The maximum Gasteiger partial charge on any atom is 0.281 e. The van der Waals surface area contributed by atoms with E-state index in [1.165, 1.54) is 12.1 Å². The molecule has 1 rings (SSSR count). The van der Waals surface area contributed by atoms with Crippen LogP contribution in [0.3, 0.4) is 0 Å². The molecule has 0 unspecified atom stereocenters. The van der Waals surface area contributed by atoms with E-state index in [0.29, 0.717) is 5.56 Å². The Kier molecular flexibility index (Phi) is 3.08. The van der Waals surface area contributed by atoms with Crippen molar-refractivity contribution >= 4 is 34.1 Å². The van der Waals surface area contributed by atoms with Crippen molar-refractivity contribution in [1.82, 2.24) is 0 Å². The van der Waals surface area contributed by atoms with Gasteiger partial charge in [-0.15, -0.1) is 0 Å². The normalized spacial score (nSPS) is 9.93. The number of nitro benzene ring substituents is 1. The third-order valence-corrected chi connectivity index (χ3v) is 2.30. The van der Waals surface area contributed by atoms with E-state index in [1.807, 2.05) is 0 Å². The zero-order valence-corrected chi connectivity index (χ0v) is 8.59. The van der Waals surface area contributed by atoms with Crippen LogP contribution in [0.2, 0.25) is 5.02 Å². The highest BCUT2D eigenvalue weighted by Gasteiger charge is 2.20. The Labute approximate surface area is 89.6 Å². The Morgan fingerprint density at radius 2 is 2.07 bits per heavy atom. The molecule has 0 aliphatic heterocycles. The van der Waals surface area contributed by atoms with Crippen LogP contribution >= 0.6 is 23.2 Å². The fourth-order valence-electron chi connectivity index (χ4n) is 0.975. The van der Waals surface area contributed by atoms with E-state index in [1.54, 1.807) is 6.92 Å². The third kappa shape index (κ3) is 2.02. The predicted octanol–water partition coefficient (Wildman–Crippen LogP) is 2.94. The van der Waals surface area contributed by atoms with Gasteiger partial charge in [0, 0.05) is 11.1 Å². The van der Waals surface area contributed by atoms with Crippen molar-refractivity contribution in [3.8, 4) is 0 Å². The van der Waals surface area contributed by atoms with Gasteiger partial charge in [0.2, 0.25) is 0 Å². The Balaban J connectivity index is 3.46. The Morgan fingerprint density at radius 1 is 1.50 bits per heavy atom. The summed E-state index contributed by atoms with van der Waals surface area (Å²) in [4.78, 5) is 20.7. The first-order chi connectivity index (χ1) is 6.43. The highest BCUT2D eigenvalue weighted by molar-refractivity contribution is 6.68. The molecule has 0 aromatic heterocycles. The van der Waals surface area contributed by atoms with Crippen molar-refractivity contribution in [1.29, 1.82) is 0 Å². The van der Waals surface area contributed by atoms with E-state index in [0.717, 1.165) is 0 Å². The van der Waals surface area contributed by atoms with Crippen LogP contribution in [-0.2, 0) is 0 Å². The first-order valence-electron chi connectivity index (χ1n) is 3.58. The molecule has 74 valence electrons. The third-order valence-electron chi connectivity index (χ3n) is 1.69. The second-order valence-electron chi connectivity index (χ2n) is 2.65. The molecule has 14 heavy (non-hydrogen) atoms. The Bertz CT molecular complexity index is 378. The monoisotopic (exact) mass is 233 g/mol. The van der Waals surface area contributed by atoms with E-state index in [9.17, 15) is 14.9 Å². The fraction of sp³-hybridized carbons (Fsp3) is 0.125. The lowest BCUT2D eigenvalue weighted by Gasteiger charge is -2.01. The molecule has 0 aliphatic rings. The number of hydrogen-bond acceptors (Lipinski definition) is 3. The first kappa shape index (κ1) is 10.9. The highest BCUT2D eigenvalue weighted by Crippen LogP contribution is 2.27. The molecular formula is C8H5Cl2NO3. The number of nitro groups is 1. The minimum absolute atomic E-state index is 0.188. The highest BCUT2D eigenvalue weighted by atomic mass is 35.5. The lowest BCUT2D eigenvalue weighted by molar-refractivity contribution is -0.385. The zero-order valence-electron chi connectivity index (χ0n) is 7.08. The SMILES string of the molecule is Cc1cc([N+](=O)[O-])c(C(=O)Cl)cc1Cl. The molecule has 0 bridgehead atoms. The van der Waals surface area contributed by atoms with Crippen LogP contribution in [0.1, 0.15) is 15.9 Å². The van der Waals surface area contributed by atoms with Gasteiger partial charge in [0.15, 0.2) is 0 Å². The smallest absolute Gasteiger partial charge is 0.275 e. The van der Waals surface area contributed by atoms with E-state index >= 15 is 0 Å². The maximum absolute atomic E-state index is 10.8. The topological polar surface area (TPSA) is 60.2 Å². The second kappa shape index (κ2) is 3.94. The lowest BCUT2D eigenvalue weighted by atomic mass is 10.1. The number of carbonyl (C=O) groups excluding carboxylic acids is 1. The lowest BCUT2D eigenvalue weighted by Crippen LogP contribution is -1.99. The summed E-state index contributed by atoms with van der Waals surface area (Å²) in [7, 11) is 0. The Hall–Kier alpha value is -1.13. The van der Waals surface area contributed by atoms with E-state index in [-0.39, 0.29) is 16.3 Å². The second-order valence-corrected chi connectivity index (χ2v) is 3.40. The number of benzene rings is 1. The van der Waals surface area contributed by atoms with Crippen molar-refractivity contribution in [2.24, 2.45) is 0 Å². The van der Waals surface area contributed by atoms with Crippen LogP contribution in [-0.4, -0.2) is 10.2 Å². The Morgan fingerprint density at radius 3 is 2.50 bits per heavy atom. The van der Waals surface area contributed by atoms with Crippen molar-refractivity contribution in [2.45, 2.75) is 6.92 Å². The van der Waals surface area contributed by atoms with Crippen molar-refractivity contribution in [3.05, 3.63) is 38.4 Å². The predicted molar refractivity (Wildman–Crippen MR) is 53.0 cm³/mol. The standard InChI is InChI=1S/C8H5Cl2NO3/c1-4-2-7(11(13)14)5(8(10)12)3-6(4)9/h2-3H,1H3. The maximum atomic E-state index is 10.8. The molecule has 1 aromatic carbocycles. The minimum atomic E-state index is -0.890. The van der Waals surface area contributed by atoms with Gasteiger partial charge >= 0.3 is 0 Å². The molecule has 4 nitrogen and oxygen atoms in total. The molecular weight excluding hydrogens is 229 g/mol. The molecule has 0 aliphatic carbocycles.